The Kier molecular flexibility index (Phi) is 5.76. The van der Waals surface area contributed by atoms with Crippen LogP contribution in [0.1, 0.15) is 30.0 Å². The predicted octanol–water partition coefficient (Wildman–Crippen LogP) is 4.73. The van der Waals surface area contributed by atoms with E-state index < -0.39 is 17.1 Å². The van der Waals surface area contributed by atoms with Crippen molar-refractivity contribution in [2.45, 2.75) is 24.1 Å². The molecule has 0 saturated heterocycles. The van der Waals surface area contributed by atoms with E-state index in [-0.39, 0.29) is 12.5 Å². The molecule has 0 aromatic heterocycles. The fourth-order valence-corrected chi connectivity index (χ4v) is 4.81. The molecule has 29 heavy (non-hydrogen) atoms. The lowest BCUT2D eigenvalue weighted by molar-refractivity contribution is -0.138. The van der Waals surface area contributed by atoms with Crippen LogP contribution in [0.4, 0.5) is 0 Å². The molecule has 1 N–H and O–H groups in total. The zero-order valence-corrected chi connectivity index (χ0v) is 18.1. The summed E-state index contributed by atoms with van der Waals surface area (Å²) in [7, 11) is 0. The number of hydrogen-bond acceptors (Lipinski definition) is 5. The van der Waals surface area contributed by atoms with E-state index in [2.05, 4.69) is 20.9 Å². The maximum absolute atomic E-state index is 12.2. The van der Waals surface area contributed by atoms with E-state index in [4.69, 9.17) is 21.8 Å². The molecule has 4 rings (SSSR count). The summed E-state index contributed by atoms with van der Waals surface area (Å²) in [4.78, 5) is 27.3. The van der Waals surface area contributed by atoms with Crippen molar-refractivity contribution in [3.63, 3.8) is 0 Å². The van der Waals surface area contributed by atoms with E-state index in [9.17, 15) is 9.59 Å². The molecule has 2 aromatic carbocycles. The molecule has 9 heteroatoms. The highest BCUT2D eigenvalue weighted by Gasteiger charge is 2.39. The van der Waals surface area contributed by atoms with Crippen molar-refractivity contribution in [3.8, 4) is 0 Å². The van der Waals surface area contributed by atoms with Crippen molar-refractivity contribution in [2.24, 2.45) is 10.1 Å². The molecule has 0 fully saturated rings. The third-order valence-corrected chi connectivity index (χ3v) is 6.50. The van der Waals surface area contributed by atoms with Gasteiger partial charge < -0.3 is 5.11 Å². The van der Waals surface area contributed by atoms with Gasteiger partial charge in [0.05, 0.1) is 18.2 Å². The molecule has 2 atom stereocenters. The first-order valence-electron chi connectivity index (χ1n) is 8.80. The molecule has 0 spiro atoms. The highest BCUT2D eigenvalue weighted by molar-refractivity contribution is 9.10. The standard InChI is InChI=1S/C20H15BrClN3O3S/c21-13-3-1-2-12(8-13)15-9-16(11-4-6-14(22)7-5-11)25(24-15)20-23-19(28)17(29-20)10-18(26)27/h1-8,16-17H,9-10H2,(H,26,27). The SMILES string of the molecule is O=C(O)CC1SC(N2N=C(c3cccc(Br)c3)CC2c2ccc(Cl)cc2)=NC1=O. The van der Waals surface area contributed by atoms with Crippen LogP contribution in [0.15, 0.2) is 63.1 Å². The van der Waals surface area contributed by atoms with E-state index >= 15 is 0 Å². The minimum absolute atomic E-state index is 0.163. The smallest absolute Gasteiger partial charge is 0.305 e. The zero-order chi connectivity index (χ0) is 20.5. The van der Waals surface area contributed by atoms with Crippen LogP contribution in [-0.4, -0.2) is 38.1 Å². The van der Waals surface area contributed by atoms with Crippen LogP contribution in [0.2, 0.25) is 5.02 Å². The van der Waals surface area contributed by atoms with Gasteiger partial charge in [0, 0.05) is 15.9 Å². The van der Waals surface area contributed by atoms with Gasteiger partial charge in [-0.15, -0.1) is 0 Å². The summed E-state index contributed by atoms with van der Waals surface area (Å²) < 4.78 is 0.948. The third-order valence-electron chi connectivity index (χ3n) is 4.61. The molecule has 0 radical (unpaired) electrons. The van der Waals surface area contributed by atoms with Crippen molar-refractivity contribution in [2.75, 3.05) is 0 Å². The van der Waals surface area contributed by atoms with Crippen molar-refractivity contribution < 1.29 is 14.7 Å². The molecule has 2 aliphatic rings. The summed E-state index contributed by atoms with van der Waals surface area (Å²) in [5.74, 6) is -1.46. The number of carboxylic acid groups (broad SMARTS) is 1. The summed E-state index contributed by atoms with van der Waals surface area (Å²) in [5.41, 5.74) is 2.82. The summed E-state index contributed by atoms with van der Waals surface area (Å²) in [6.45, 7) is 0. The molecule has 2 aliphatic heterocycles. The number of carbonyl (C=O) groups is 2. The first kappa shape index (κ1) is 20.1. The average molecular weight is 493 g/mol. The van der Waals surface area contributed by atoms with Gasteiger partial charge in [0.15, 0.2) is 5.17 Å². The maximum atomic E-state index is 12.2. The number of hydrogen-bond donors (Lipinski definition) is 1. The Hall–Kier alpha value is -2.16. The number of hydrazone groups is 1. The molecule has 6 nitrogen and oxygen atoms in total. The summed E-state index contributed by atoms with van der Waals surface area (Å²) in [6.07, 6.45) is 0.355. The quantitative estimate of drug-likeness (QED) is 0.667. The second-order valence-corrected chi connectivity index (χ2v) is 9.13. The highest BCUT2D eigenvalue weighted by Crippen LogP contribution is 2.39. The van der Waals surface area contributed by atoms with Gasteiger partial charge in [-0.25, -0.2) is 5.01 Å². The van der Waals surface area contributed by atoms with Gasteiger partial charge in [-0.1, -0.05) is 63.6 Å². The Morgan fingerprint density at radius 3 is 2.72 bits per heavy atom. The van der Waals surface area contributed by atoms with Gasteiger partial charge in [-0.05, 0) is 35.4 Å². The molecular formula is C20H15BrClN3O3S. The van der Waals surface area contributed by atoms with Crippen molar-refractivity contribution in [1.82, 2.24) is 5.01 Å². The Morgan fingerprint density at radius 2 is 2.03 bits per heavy atom. The average Bonchev–Trinajstić information content (AvgIpc) is 3.26. The van der Waals surface area contributed by atoms with Gasteiger partial charge in [0.2, 0.25) is 0 Å². The molecule has 2 heterocycles. The largest absolute Gasteiger partial charge is 0.481 e. The molecule has 148 valence electrons. The van der Waals surface area contributed by atoms with Gasteiger partial charge in [0.25, 0.3) is 5.91 Å². The lowest BCUT2D eigenvalue weighted by Crippen LogP contribution is -2.24. The second-order valence-electron chi connectivity index (χ2n) is 6.61. The molecule has 0 aliphatic carbocycles. The number of nitrogens with zero attached hydrogens (tertiary/aromatic N) is 3. The van der Waals surface area contributed by atoms with Gasteiger partial charge in [0.1, 0.15) is 5.25 Å². The van der Waals surface area contributed by atoms with E-state index in [1.54, 1.807) is 5.01 Å². The van der Waals surface area contributed by atoms with Crippen LogP contribution < -0.4 is 0 Å². The number of aliphatic imine (C=N–C) groups is 1. The lowest BCUT2D eigenvalue weighted by Gasteiger charge is -2.23. The number of rotatable bonds is 4. The number of aliphatic carboxylic acids is 1. The molecular weight excluding hydrogens is 478 g/mol. The normalized spacial score (nSPS) is 21.3. The Labute approximate surface area is 184 Å². The number of carboxylic acids is 1. The number of benzene rings is 2. The van der Waals surface area contributed by atoms with Gasteiger partial charge >= 0.3 is 5.97 Å². The van der Waals surface area contributed by atoms with Crippen LogP contribution in [0.25, 0.3) is 0 Å². The summed E-state index contributed by atoms with van der Waals surface area (Å²) in [6, 6.07) is 15.2. The molecule has 2 unspecified atom stereocenters. The Morgan fingerprint density at radius 1 is 1.28 bits per heavy atom. The topological polar surface area (TPSA) is 82.3 Å². The van der Waals surface area contributed by atoms with E-state index in [1.807, 2.05) is 48.5 Å². The van der Waals surface area contributed by atoms with Crippen LogP contribution in [-0.2, 0) is 9.59 Å². The monoisotopic (exact) mass is 491 g/mol. The van der Waals surface area contributed by atoms with Crippen molar-refractivity contribution in [1.29, 1.82) is 0 Å². The third kappa shape index (κ3) is 4.39. The first-order chi connectivity index (χ1) is 13.9. The minimum Gasteiger partial charge on any atom is -0.481 e. The van der Waals surface area contributed by atoms with E-state index in [0.717, 1.165) is 33.1 Å². The van der Waals surface area contributed by atoms with Crippen molar-refractivity contribution in [3.05, 3.63) is 69.2 Å². The molecule has 0 saturated carbocycles. The second kappa shape index (κ2) is 8.30. The van der Waals surface area contributed by atoms with Crippen LogP contribution >= 0.6 is 39.3 Å². The summed E-state index contributed by atoms with van der Waals surface area (Å²) in [5, 5.41) is 15.9. The maximum Gasteiger partial charge on any atom is 0.305 e. The van der Waals surface area contributed by atoms with Crippen LogP contribution in [0, 0.1) is 0 Å². The molecule has 1 amide bonds. The number of amides is 1. The number of amidine groups is 1. The van der Waals surface area contributed by atoms with E-state index in [0.29, 0.717) is 16.6 Å². The fraction of sp³-hybridized carbons (Fsp3) is 0.200. The summed E-state index contributed by atoms with van der Waals surface area (Å²) >= 11 is 10.7. The van der Waals surface area contributed by atoms with Crippen LogP contribution in [0.3, 0.4) is 0 Å². The fourth-order valence-electron chi connectivity index (χ4n) is 3.24. The number of halogens is 2. The Bertz CT molecular complexity index is 1040. The first-order valence-corrected chi connectivity index (χ1v) is 10.8. The van der Waals surface area contributed by atoms with Crippen molar-refractivity contribution >= 4 is 62.0 Å². The lowest BCUT2D eigenvalue weighted by atomic mass is 9.99. The Balaban J connectivity index is 1.68. The van der Waals surface area contributed by atoms with E-state index in [1.165, 1.54) is 0 Å². The minimum atomic E-state index is -1.03. The molecule has 2 aromatic rings. The zero-order valence-electron chi connectivity index (χ0n) is 15.0. The number of carbonyl (C=O) groups excluding carboxylic acids is 1. The van der Waals surface area contributed by atoms with Crippen LogP contribution in [0.5, 0.6) is 0 Å². The number of thioether (sulfide) groups is 1. The van der Waals surface area contributed by atoms with Gasteiger partial charge in [-0.2, -0.15) is 10.1 Å². The van der Waals surface area contributed by atoms with Gasteiger partial charge in [-0.3, -0.25) is 9.59 Å². The molecule has 0 bridgehead atoms. The highest BCUT2D eigenvalue weighted by atomic mass is 79.9. The predicted molar refractivity (Wildman–Crippen MR) is 117 cm³/mol.